The Labute approximate surface area is 256 Å². The summed E-state index contributed by atoms with van der Waals surface area (Å²) in [6.07, 6.45) is -2.78. The van der Waals surface area contributed by atoms with Gasteiger partial charge in [0.05, 0.1) is 6.54 Å². The molecule has 2 aromatic heterocycles. The Balaban J connectivity index is 1.27. The van der Waals surface area contributed by atoms with Crippen molar-refractivity contribution < 1.29 is 45.3 Å². The van der Waals surface area contributed by atoms with Gasteiger partial charge in [0.2, 0.25) is 0 Å². The van der Waals surface area contributed by atoms with Crippen LogP contribution in [0.15, 0.2) is 91.4 Å². The molecule has 2 heterocycles. The predicted octanol–water partition coefficient (Wildman–Crippen LogP) is 5.90. The minimum atomic E-state index is -4.78. The zero-order valence-corrected chi connectivity index (χ0v) is 23.2. The topological polar surface area (TPSA) is 95.2 Å². The van der Waals surface area contributed by atoms with E-state index in [0.717, 1.165) is 29.3 Å². The number of alkyl halides is 5. The molecule has 15 heteroatoms. The van der Waals surface area contributed by atoms with Gasteiger partial charge in [-0.2, -0.15) is 8.78 Å². The summed E-state index contributed by atoms with van der Waals surface area (Å²) in [5.41, 5.74) is -3.68. The van der Waals surface area contributed by atoms with Gasteiger partial charge in [-0.1, -0.05) is 24.0 Å². The van der Waals surface area contributed by atoms with E-state index in [9.17, 15) is 27.1 Å². The molecule has 5 aromatic rings. The van der Waals surface area contributed by atoms with E-state index in [1.54, 1.807) is 24.3 Å². The average Bonchev–Trinajstić information content (AvgIpc) is 3.52. The van der Waals surface area contributed by atoms with Gasteiger partial charge in [0.15, 0.2) is 5.60 Å². The second-order valence-corrected chi connectivity index (χ2v) is 9.75. The fourth-order valence-corrected chi connectivity index (χ4v) is 4.26. The first-order valence-electron chi connectivity index (χ1n) is 13.1. The van der Waals surface area contributed by atoms with Crippen LogP contribution in [0.1, 0.15) is 27.9 Å². The Kier molecular flexibility index (Phi) is 8.92. The molecule has 0 bridgehead atoms. The predicted molar refractivity (Wildman–Crippen MR) is 146 cm³/mol. The van der Waals surface area contributed by atoms with E-state index >= 15 is 8.78 Å². The van der Waals surface area contributed by atoms with Gasteiger partial charge in [0, 0.05) is 29.0 Å². The van der Waals surface area contributed by atoms with Crippen LogP contribution in [0.2, 0.25) is 0 Å². The first-order valence-corrected chi connectivity index (χ1v) is 13.1. The molecule has 0 aliphatic rings. The number of tetrazole rings is 1. The van der Waals surface area contributed by atoms with Crippen molar-refractivity contribution in [3.05, 3.63) is 131 Å². The highest BCUT2D eigenvalue weighted by Crippen LogP contribution is 2.46. The maximum Gasteiger partial charge on any atom is 0.573 e. The minimum absolute atomic E-state index is 0.0820. The fraction of sp³-hybridized carbons (Fsp3) is 0.161. The molecule has 0 aliphatic carbocycles. The number of aliphatic hydroxyl groups is 1. The number of aromatic nitrogens is 5. The van der Waals surface area contributed by atoms with E-state index in [-0.39, 0.29) is 17.9 Å². The number of rotatable bonds is 9. The number of ether oxygens (including phenoxy) is 2. The van der Waals surface area contributed by atoms with E-state index in [2.05, 4.69) is 37.1 Å². The molecule has 0 saturated carbocycles. The van der Waals surface area contributed by atoms with Gasteiger partial charge in [-0.25, -0.2) is 13.5 Å². The van der Waals surface area contributed by atoms with Crippen molar-refractivity contribution in [2.24, 2.45) is 0 Å². The largest absolute Gasteiger partial charge is 0.573 e. The van der Waals surface area contributed by atoms with Crippen molar-refractivity contribution in [2.45, 2.75) is 31.0 Å². The summed E-state index contributed by atoms with van der Waals surface area (Å²) in [5.74, 6) is -0.901. The van der Waals surface area contributed by atoms with Crippen molar-refractivity contribution in [1.29, 1.82) is 0 Å². The minimum Gasteiger partial charge on any atom is -0.489 e. The summed E-state index contributed by atoms with van der Waals surface area (Å²) in [4.78, 5) is 3.77. The quantitative estimate of drug-likeness (QED) is 0.158. The highest BCUT2D eigenvalue weighted by atomic mass is 19.4. The lowest BCUT2D eigenvalue weighted by molar-refractivity contribution is -0.274. The van der Waals surface area contributed by atoms with Gasteiger partial charge in [0.25, 0.3) is 0 Å². The van der Waals surface area contributed by atoms with Crippen LogP contribution in [-0.4, -0.2) is 36.7 Å². The number of benzene rings is 3. The molecule has 8 nitrogen and oxygen atoms in total. The maximum atomic E-state index is 15.9. The molecule has 1 N–H and O–H groups in total. The second kappa shape index (κ2) is 12.9. The van der Waals surface area contributed by atoms with Crippen molar-refractivity contribution in [1.82, 2.24) is 25.2 Å². The molecule has 1 unspecified atom stereocenters. The van der Waals surface area contributed by atoms with E-state index in [1.807, 2.05) is 0 Å². The lowest BCUT2D eigenvalue weighted by Crippen LogP contribution is -2.48. The van der Waals surface area contributed by atoms with Crippen LogP contribution in [0.5, 0.6) is 11.5 Å². The highest BCUT2D eigenvalue weighted by molar-refractivity contribution is 5.44. The molecule has 46 heavy (non-hydrogen) atoms. The summed E-state index contributed by atoms with van der Waals surface area (Å²) in [5, 5.41) is 21.4. The molecule has 5 rings (SSSR count). The average molecular weight is 644 g/mol. The molecular weight excluding hydrogens is 623 g/mol. The summed E-state index contributed by atoms with van der Waals surface area (Å²) < 4.78 is 107. The van der Waals surface area contributed by atoms with Crippen LogP contribution >= 0.6 is 0 Å². The summed E-state index contributed by atoms with van der Waals surface area (Å²) >= 11 is 0. The van der Waals surface area contributed by atoms with Gasteiger partial charge in [-0.05, 0) is 76.7 Å². The van der Waals surface area contributed by atoms with E-state index in [4.69, 9.17) is 4.74 Å². The van der Waals surface area contributed by atoms with E-state index < -0.39 is 47.3 Å². The van der Waals surface area contributed by atoms with Crippen LogP contribution < -0.4 is 9.47 Å². The molecule has 0 radical (unpaired) electrons. The molecule has 3 aromatic carbocycles. The molecular formula is C31H20F7N5O3. The van der Waals surface area contributed by atoms with Gasteiger partial charge < -0.3 is 14.6 Å². The van der Waals surface area contributed by atoms with Gasteiger partial charge in [-0.3, -0.25) is 4.98 Å². The van der Waals surface area contributed by atoms with Crippen molar-refractivity contribution in [3.63, 3.8) is 0 Å². The van der Waals surface area contributed by atoms with Gasteiger partial charge >= 0.3 is 12.3 Å². The molecule has 0 aliphatic heterocycles. The van der Waals surface area contributed by atoms with Crippen LogP contribution in [0, 0.1) is 23.5 Å². The summed E-state index contributed by atoms with van der Waals surface area (Å²) in [6.45, 7) is -0.902. The van der Waals surface area contributed by atoms with Crippen LogP contribution in [-0.2, 0) is 24.7 Å². The number of halogens is 7. The van der Waals surface area contributed by atoms with E-state index in [1.165, 1.54) is 30.3 Å². The smallest absolute Gasteiger partial charge is 0.489 e. The van der Waals surface area contributed by atoms with Crippen molar-refractivity contribution in [2.75, 3.05) is 0 Å². The monoisotopic (exact) mass is 643 g/mol. The summed E-state index contributed by atoms with van der Waals surface area (Å²) in [6, 6.07) is 15.7. The Morgan fingerprint density at radius 2 is 1.48 bits per heavy atom. The molecule has 0 amide bonds. The van der Waals surface area contributed by atoms with Crippen LogP contribution in [0.4, 0.5) is 30.7 Å². The lowest BCUT2D eigenvalue weighted by atomic mass is 9.84. The first-order chi connectivity index (χ1) is 21.8. The normalized spacial score (nSPS) is 13.0. The Bertz CT molecular complexity index is 1840. The molecule has 0 saturated heterocycles. The lowest BCUT2D eigenvalue weighted by Gasteiger charge is -2.35. The Hall–Kier alpha value is -5.49. The van der Waals surface area contributed by atoms with Crippen molar-refractivity contribution in [3.8, 4) is 23.3 Å². The fourth-order valence-electron chi connectivity index (χ4n) is 4.26. The first kappa shape index (κ1) is 31.9. The summed E-state index contributed by atoms with van der Waals surface area (Å²) in [7, 11) is 0. The highest BCUT2D eigenvalue weighted by Gasteiger charge is 2.58. The van der Waals surface area contributed by atoms with Gasteiger partial charge in [0.1, 0.15) is 41.8 Å². The molecule has 236 valence electrons. The Morgan fingerprint density at radius 3 is 2.09 bits per heavy atom. The number of hydrogen-bond donors (Lipinski definition) is 1. The number of nitrogens with zero attached hydrogens (tertiary/aromatic N) is 5. The van der Waals surface area contributed by atoms with E-state index in [0.29, 0.717) is 29.0 Å². The van der Waals surface area contributed by atoms with Gasteiger partial charge in [-0.15, -0.1) is 18.3 Å². The zero-order valence-electron chi connectivity index (χ0n) is 23.2. The third kappa shape index (κ3) is 7.41. The third-order valence-electron chi connectivity index (χ3n) is 6.53. The third-order valence-corrected chi connectivity index (χ3v) is 6.53. The van der Waals surface area contributed by atoms with Crippen LogP contribution in [0.25, 0.3) is 0 Å². The van der Waals surface area contributed by atoms with Crippen molar-refractivity contribution >= 4 is 0 Å². The molecule has 1 atom stereocenters. The Morgan fingerprint density at radius 1 is 0.804 bits per heavy atom. The molecule has 0 fully saturated rings. The second-order valence-electron chi connectivity index (χ2n) is 9.75. The maximum absolute atomic E-state index is 15.9. The zero-order chi connectivity index (χ0) is 33.0. The number of pyridine rings is 1. The standard InChI is InChI=1S/C31H20F7N5O3/c32-23-8-13-26(27(33)15-23)29(44,18-43-19-40-41-42-43)30(34,35)28-14-7-21(16-39-28)2-1-20-3-9-24(10-4-20)45-17-22-5-11-25(12-6-22)46-31(36,37)38/h3-16,19,44H,17-18H2. The number of hydrogen-bond acceptors (Lipinski definition) is 7. The van der Waals surface area contributed by atoms with Crippen LogP contribution in [0.3, 0.4) is 0 Å². The molecule has 0 spiro atoms. The SMILES string of the molecule is OC(Cn1cnnn1)(c1ccc(F)cc1F)C(F)(F)c1ccc(C#Cc2ccc(OCc3ccc(OC(F)(F)F)cc3)cc2)cn1.